The first-order chi connectivity index (χ1) is 12.9. The van der Waals surface area contributed by atoms with Crippen LogP contribution in [0.4, 0.5) is 10.5 Å². The third-order valence-electron chi connectivity index (χ3n) is 6.25. The van der Waals surface area contributed by atoms with Gasteiger partial charge in [0.05, 0.1) is 11.9 Å². The van der Waals surface area contributed by atoms with Crippen molar-refractivity contribution >= 4 is 11.7 Å². The Morgan fingerprint density at radius 2 is 2.00 bits per heavy atom. The zero-order chi connectivity index (χ0) is 19.4. The number of piperazine rings is 1. The Morgan fingerprint density at radius 1 is 1.26 bits per heavy atom. The van der Waals surface area contributed by atoms with Gasteiger partial charge in [-0.25, -0.2) is 4.79 Å². The van der Waals surface area contributed by atoms with Gasteiger partial charge in [-0.3, -0.25) is 9.58 Å². The first kappa shape index (κ1) is 20.0. The molecule has 2 amide bonds. The Bertz CT molecular complexity index is 620. The molecule has 1 unspecified atom stereocenters. The maximum absolute atomic E-state index is 12.7. The summed E-state index contributed by atoms with van der Waals surface area (Å²) in [5.41, 5.74) is 1.13. The van der Waals surface area contributed by atoms with Crippen LogP contribution < -0.4 is 10.2 Å². The van der Waals surface area contributed by atoms with Gasteiger partial charge in [-0.1, -0.05) is 13.3 Å². The van der Waals surface area contributed by atoms with Gasteiger partial charge in [0.2, 0.25) is 0 Å². The van der Waals surface area contributed by atoms with Crippen molar-refractivity contribution in [1.82, 2.24) is 24.9 Å². The molecular formula is C20H36N6O. The molecule has 0 spiro atoms. The second-order valence-corrected chi connectivity index (χ2v) is 8.68. The van der Waals surface area contributed by atoms with Crippen molar-refractivity contribution in [1.29, 1.82) is 0 Å². The van der Waals surface area contributed by atoms with E-state index < -0.39 is 0 Å². The van der Waals surface area contributed by atoms with Crippen LogP contribution in [0.3, 0.4) is 0 Å². The molecule has 152 valence electrons. The Balaban J connectivity index is 1.45. The third-order valence-corrected chi connectivity index (χ3v) is 6.25. The topological polar surface area (TPSA) is 56.6 Å². The molecule has 7 nitrogen and oxygen atoms in total. The van der Waals surface area contributed by atoms with Gasteiger partial charge in [0.1, 0.15) is 0 Å². The third kappa shape index (κ3) is 4.94. The maximum Gasteiger partial charge on any atom is 0.317 e. The van der Waals surface area contributed by atoms with E-state index in [1.54, 1.807) is 0 Å². The van der Waals surface area contributed by atoms with Crippen molar-refractivity contribution in [2.24, 2.45) is 13.0 Å². The number of carbonyl (C=O) groups excluding carboxylic acids is 1. The molecule has 2 aliphatic rings. The normalized spacial score (nSPS) is 22.1. The van der Waals surface area contributed by atoms with Gasteiger partial charge in [-0.2, -0.15) is 5.10 Å². The average Bonchev–Trinajstić information content (AvgIpc) is 3.12. The van der Waals surface area contributed by atoms with E-state index in [-0.39, 0.29) is 11.6 Å². The molecule has 1 aromatic heterocycles. The highest BCUT2D eigenvalue weighted by Crippen LogP contribution is 2.25. The van der Waals surface area contributed by atoms with Crippen molar-refractivity contribution in [3.8, 4) is 0 Å². The Labute approximate surface area is 163 Å². The fourth-order valence-electron chi connectivity index (χ4n) is 4.20. The van der Waals surface area contributed by atoms with Crippen LogP contribution in [0.15, 0.2) is 12.4 Å². The van der Waals surface area contributed by atoms with Crippen LogP contribution in [0.5, 0.6) is 0 Å². The van der Waals surface area contributed by atoms with Gasteiger partial charge in [0.25, 0.3) is 0 Å². The number of urea groups is 1. The van der Waals surface area contributed by atoms with Crippen LogP contribution in [-0.4, -0.2) is 77.0 Å². The number of hydrogen-bond acceptors (Lipinski definition) is 4. The standard InChI is InChI=1S/C20H36N6O/c1-5-17-7-6-8-26(14-17)20(2,3)16-21-19(27)25-11-9-24(10-12-25)18-13-22-23(4)15-18/h13,15,17H,5-12,14,16H2,1-4H3,(H,21,27). The van der Waals surface area contributed by atoms with Crippen LogP contribution >= 0.6 is 0 Å². The van der Waals surface area contributed by atoms with Crippen molar-refractivity contribution in [3.05, 3.63) is 12.4 Å². The molecule has 0 aromatic carbocycles. The monoisotopic (exact) mass is 376 g/mol. The molecule has 7 heteroatoms. The summed E-state index contributed by atoms with van der Waals surface area (Å²) in [5.74, 6) is 0.800. The molecule has 0 radical (unpaired) electrons. The number of nitrogens with one attached hydrogen (secondary N) is 1. The van der Waals surface area contributed by atoms with E-state index >= 15 is 0 Å². The highest BCUT2D eigenvalue weighted by Gasteiger charge is 2.32. The van der Waals surface area contributed by atoms with E-state index in [4.69, 9.17) is 0 Å². The summed E-state index contributed by atoms with van der Waals surface area (Å²) in [7, 11) is 1.93. The molecule has 3 rings (SSSR count). The van der Waals surface area contributed by atoms with Crippen molar-refractivity contribution < 1.29 is 4.79 Å². The van der Waals surface area contributed by atoms with Crippen LogP contribution in [0, 0.1) is 5.92 Å². The lowest BCUT2D eigenvalue weighted by Crippen LogP contribution is -2.58. The SMILES string of the molecule is CCC1CCCN(C(C)(C)CNC(=O)N2CCN(c3cnn(C)c3)CC2)C1. The van der Waals surface area contributed by atoms with Gasteiger partial charge < -0.3 is 15.1 Å². The summed E-state index contributed by atoms with van der Waals surface area (Å²) in [4.78, 5) is 19.4. The highest BCUT2D eigenvalue weighted by molar-refractivity contribution is 5.74. The average molecular weight is 377 g/mol. The van der Waals surface area contributed by atoms with E-state index in [1.807, 2.05) is 29.0 Å². The van der Waals surface area contributed by atoms with E-state index in [9.17, 15) is 4.79 Å². The number of amides is 2. The second-order valence-electron chi connectivity index (χ2n) is 8.68. The van der Waals surface area contributed by atoms with Crippen LogP contribution in [0.25, 0.3) is 0 Å². The van der Waals surface area contributed by atoms with Gasteiger partial charge in [0, 0.05) is 58.1 Å². The summed E-state index contributed by atoms with van der Waals surface area (Å²) in [6, 6.07) is 0.0676. The smallest absolute Gasteiger partial charge is 0.317 e. The minimum atomic E-state index is 0.00102. The number of carbonyl (C=O) groups is 1. The fraction of sp³-hybridized carbons (Fsp3) is 0.800. The van der Waals surface area contributed by atoms with E-state index in [1.165, 1.54) is 19.3 Å². The minimum Gasteiger partial charge on any atom is -0.365 e. The fourth-order valence-corrected chi connectivity index (χ4v) is 4.20. The number of aryl methyl sites for hydroxylation is 1. The molecule has 2 fully saturated rings. The first-order valence-corrected chi connectivity index (χ1v) is 10.4. The highest BCUT2D eigenvalue weighted by atomic mass is 16.2. The Kier molecular flexibility index (Phi) is 6.29. The van der Waals surface area contributed by atoms with Gasteiger partial charge in [-0.05, 0) is 39.2 Å². The first-order valence-electron chi connectivity index (χ1n) is 10.4. The molecule has 0 saturated carbocycles. The van der Waals surface area contributed by atoms with Crippen molar-refractivity contribution in [2.75, 3.05) is 50.7 Å². The molecular weight excluding hydrogens is 340 g/mol. The number of nitrogens with zero attached hydrogens (tertiary/aromatic N) is 5. The predicted molar refractivity (Wildman–Crippen MR) is 109 cm³/mol. The largest absolute Gasteiger partial charge is 0.365 e. The number of piperidine rings is 1. The Morgan fingerprint density at radius 3 is 2.63 bits per heavy atom. The molecule has 2 saturated heterocycles. The number of anilines is 1. The Hall–Kier alpha value is -1.76. The predicted octanol–water partition coefficient (Wildman–Crippen LogP) is 2.15. The van der Waals surface area contributed by atoms with Crippen LogP contribution in [0.2, 0.25) is 0 Å². The number of aromatic nitrogens is 2. The zero-order valence-electron chi connectivity index (χ0n) is 17.4. The van der Waals surface area contributed by atoms with Gasteiger partial charge in [-0.15, -0.1) is 0 Å². The lowest BCUT2D eigenvalue weighted by atomic mass is 9.91. The van der Waals surface area contributed by atoms with E-state index in [0.29, 0.717) is 6.54 Å². The summed E-state index contributed by atoms with van der Waals surface area (Å²) in [5, 5.41) is 7.43. The van der Waals surface area contributed by atoms with Crippen molar-refractivity contribution in [3.63, 3.8) is 0 Å². The molecule has 27 heavy (non-hydrogen) atoms. The molecule has 1 N–H and O–H groups in total. The second kappa shape index (κ2) is 8.50. The quantitative estimate of drug-likeness (QED) is 0.856. The minimum absolute atomic E-state index is 0.00102. The molecule has 1 atom stereocenters. The lowest BCUT2D eigenvalue weighted by molar-refractivity contribution is 0.0652. The molecule has 0 bridgehead atoms. The molecule has 2 aliphatic heterocycles. The summed E-state index contributed by atoms with van der Waals surface area (Å²) >= 11 is 0. The summed E-state index contributed by atoms with van der Waals surface area (Å²) in [6.07, 6.45) is 7.78. The molecule has 1 aromatic rings. The van der Waals surface area contributed by atoms with Crippen LogP contribution in [-0.2, 0) is 7.05 Å². The molecule has 3 heterocycles. The van der Waals surface area contributed by atoms with Crippen molar-refractivity contribution in [2.45, 2.75) is 45.6 Å². The number of likely N-dealkylation sites (tertiary alicyclic amines) is 1. The van der Waals surface area contributed by atoms with Crippen LogP contribution in [0.1, 0.15) is 40.0 Å². The van der Waals surface area contributed by atoms with E-state index in [0.717, 1.165) is 50.9 Å². The zero-order valence-corrected chi connectivity index (χ0v) is 17.4. The van der Waals surface area contributed by atoms with Gasteiger partial charge in [0.15, 0.2) is 0 Å². The maximum atomic E-state index is 12.7. The van der Waals surface area contributed by atoms with Gasteiger partial charge >= 0.3 is 6.03 Å². The lowest BCUT2D eigenvalue weighted by Gasteiger charge is -2.44. The number of rotatable bonds is 5. The molecule has 0 aliphatic carbocycles. The number of hydrogen-bond donors (Lipinski definition) is 1. The summed E-state index contributed by atoms with van der Waals surface area (Å²) < 4.78 is 1.82. The summed E-state index contributed by atoms with van der Waals surface area (Å²) in [6.45, 7) is 13.0. The van der Waals surface area contributed by atoms with E-state index in [2.05, 4.69) is 41.0 Å².